The Bertz CT molecular complexity index is 730. The first-order chi connectivity index (χ1) is 11.4. The summed E-state index contributed by atoms with van der Waals surface area (Å²) >= 11 is 1.42. The van der Waals surface area contributed by atoms with Crippen LogP contribution in [0.5, 0.6) is 0 Å². The molecule has 0 aromatic heterocycles. The zero-order valence-corrected chi connectivity index (χ0v) is 14.6. The van der Waals surface area contributed by atoms with Gasteiger partial charge in [-0.25, -0.2) is 0 Å². The second-order valence-electron chi connectivity index (χ2n) is 5.50. The minimum Gasteiger partial charge on any atom is -0.457 e. The molecule has 0 aliphatic carbocycles. The molecule has 0 N–H and O–H groups in total. The van der Waals surface area contributed by atoms with E-state index < -0.39 is 11.0 Å². The molecule has 0 saturated carbocycles. The Morgan fingerprint density at radius 2 is 1.83 bits per heavy atom. The van der Waals surface area contributed by atoms with Crippen molar-refractivity contribution in [1.82, 2.24) is 0 Å². The van der Waals surface area contributed by atoms with Crippen molar-refractivity contribution in [2.24, 2.45) is 0 Å². The van der Waals surface area contributed by atoms with Crippen molar-refractivity contribution in [1.29, 1.82) is 0 Å². The van der Waals surface area contributed by atoms with Gasteiger partial charge in [-0.2, -0.15) is 0 Å². The Balaban J connectivity index is 1.98. The van der Waals surface area contributed by atoms with Gasteiger partial charge in [0.2, 0.25) is 0 Å². The molecule has 0 spiro atoms. The first kappa shape index (κ1) is 18.0. The number of aryl methyl sites for hydroxylation is 1. The highest BCUT2D eigenvalue weighted by atomic mass is 32.2. The van der Waals surface area contributed by atoms with Gasteiger partial charge in [-0.1, -0.05) is 29.8 Å². The summed E-state index contributed by atoms with van der Waals surface area (Å²) in [7, 11) is 0. The van der Waals surface area contributed by atoms with E-state index in [4.69, 9.17) is 4.74 Å². The SMILES string of the molecule is Cc1ccc(S[C@H](C)C(=O)O[C@H](C)c2cccc([N+](=O)[O-])c2)cc1. The third-order valence-corrected chi connectivity index (χ3v) is 4.60. The van der Waals surface area contributed by atoms with Crippen LogP contribution in [0, 0.1) is 17.0 Å². The summed E-state index contributed by atoms with van der Waals surface area (Å²) < 4.78 is 5.45. The van der Waals surface area contributed by atoms with Crippen LogP contribution in [-0.4, -0.2) is 16.1 Å². The number of nitrogens with zero attached hydrogens (tertiary/aromatic N) is 1. The second-order valence-corrected chi connectivity index (χ2v) is 6.92. The quantitative estimate of drug-likeness (QED) is 0.329. The number of thioether (sulfide) groups is 1. The fourth-order valence-corrected chi connectivity index (χ4v) is 2.95. The highest BCUT2D eigenvalue weighted by molar-refractivity contribution is 8.00. The van der Waals surface area contributed by atoms with Gasteiger partial charge in [0.05, 0.1) is 4.92 Å². The molecule has 0 saturated heterocycles. The third-order valence-electron chi connectivity index (χ3n) is 3.51. The van der Waals surface area contributed by atoms with Crippen LogP contribution in [-0.2, 0) is 9.53 Å². The van der Waals surface area contributed by atoms with E-state index in [-0.39, 0.29) is 16.9 Å². The number of benzene rings is 2. The molecule has 24 heavy (non-hydrogen) atoms. The van der Waals surface area contributed by atoms with Gasteiger partial charge in [-0.15, -0.1) is 11.8 Å². The molecule has 6 heteroatoms. The zero-order chi connectivity index (χ0) is 17.7. The van der Waals surface area contributed by atoms with Gasteiger partial charge in [-0.3, -0.25) is 14.9 Å². The van der Waals surface area contributed by atoms with Gasteiger partial charge in [-0.05, 0) is 38.5 Å². The minimum atomic E-state index is -0.543. The molecule has 126 valence electrons. The Labute approximate surface area is 145 Å². The van der Waals surface area contributed by atoms with Crippen molar-refractivity contribution < 1.29 is 14.5 Å². The lowest BCUT2D eigenvalue weighted by Gasteiger charge is -2.17. The van der Waals surface area contributed by atoms with Gasteiger partial charge in [0, 0.05) is 17.0 Å². The Morgan fingerprint density at radius 1 is 1.17 bits per heavy atom. The van der Waals surface area contributed by atoms with E-state index in [9.17, 15) is 14.9 Å². The van der Waals surface area contributed by atoms with E-state index in [0.29, 0.717) is 5.56 Å². The van der Waals surface area contributed by atoms with E-state index in [0.717, 1.165) is 10.5 Å². The number of carbonyl (C=O) groups is 1. The van der Waals surface area contributed by atoms with Crippen LogP contribution in [0.1, 0.15) is 31.1 Å². The number of nitro groups is 1. The van der Waals surface area contributed by atoms with Crippen molar-refractivity contribution in [3.63, 3.8) is 0 Å². The van der Waals surface area contributed by atoms with Crippen molar-refractivity contribution in [2.75, 3.05) is 0 Å². The van der Waals surface area contributed by atoms with E-state index in [1.54, 1.807) is 26.0 Å². The fraction of sp³-hybridized carbons (Fsp3) is 0.278. The van der Waals surface area contributed by atoms with Gasteiger partial charge in [0.1, 0.15) is 11.4 Å². The standard InChI is InChI=1S/C18H19NO4S/c1-12-7-9-17(10-8-12)24-14(3)18(20)23-13(2)15-5-4-6-16(11-15)19(21)22/h4-11,13-14H,1-3H3/t13-,14-/m1/s1. The number of ether oxygens (including phenoxy) is 1. The molecule has 0 radical (unpaired) electrons. The molecule has 2 atom stereocenters. The van der Waals surface area contributed by atoms with Gasteiger partial charge in [0.25, 0.3) is 5.69 Å². The maximum Gasteiger partial charge on any atom is 0.319 e. The summed E-state index contributed by atoms with van der Waals surface area (Å²) in [6.07, 6.45) is -0.543. The van der Waals surface area contributed by atoms with Crippen LogP contribution in [0.3, 0.4) is 0 Å². The molecule has 0 unspecified atom stereocenters. The Morgan fingerprint density at radius 3 is 2.46 bits per heavy atom. The van der Waals surface area contributed by atoms with E-state index in [1.165, 1.54) is 23.9 Å². The zero-order valence-electron chi connectivity index (χ0n) is 13.8. The monoisotopic (exact) mass is 345 g/mol. The molecular weight excluding hydrogens is 326 g/mol. The first-order valence-electron chi connectivity index (χ1n) is 7.55. The fourth-order valence-electron chi connectivity index (χ4n) is 2.10. The number of hydrogen-bond donors (Lipinski definition) is 0. The number of hydrogen-bond acceptors (Lipinski definition) is 5. The molecule has 2 aromatic carbocycles. The van der Waals surface area contributed by atoms with Crippen molar-refractivity contribution in [2.45, 2.75) is 37.0 Å². The summed E-state index contributed by atoms with van der Waals surface area (Å²) in [6.45, 7) is 5.50. The largest absolute Gasteiger partial charge is 0.457 e. The van der Waals surface area contributed by atoms with Crippen molar-refractivity contribution in [3.05, 3.63) is 69.8 Å². The van der Waals surface area contributed by atoms with Gasteiger partial charge in [0.15, 0.2) is 0 Å². The van der Waals surface area contributed by atoms with Crippen molar-refractivity contribution in [3.8, 4) is 0 Å². The molecule has 0 bridgehead atoms. The summed E-state index contributed by atoms with van der Waals surface area (Å²) in [6, 6.07) is 14.1. The number of nitro benzene ring substituents is 1. The molecule has 0 fully saturated rings. The van der Waals surface area contributed by atoms with E-state index in [1.807, 2.05) is 31.2 Å². The van der Waals surface area contributed by atoms with Crippen LogP contribution in [0.4, 0.5) is 5.69 Å². The second kappa shape index (κ2) is 7.97. The average molecular weight is 345 g/mol. The summed E-state index contributed by atoms with van der Waals surface area (Å²) in [5.74, 6) is -0.348. The van der Waals surface area contributed by atoms with Crippen LogP contribution in [0.2, 0.25) is 0 Å². The molecule has 5 nitrogen and oxygen atoms in total. The average Bonchev–Trinajstić information content (AvgIpc) is 2.56. The number of non-ortho nitro benzene ring substituents is 1. The molecule has 2 aromatic rings. The minimum absolute atomic E-state index is 0.0162. The topological polar surface area (TPSA) is 69.4 Å². The summed E-state index contributed by atoms with van der Waals surface area (Å²) in [5, 5.41) is 10.5. The van der Waals surface area contributed by atoms with Crippen molar-refractivity contribution >= 4 is 23.4 Å². The predicted molar refractivity (Wildman–Crippen MR) is 94.1 cm³/mol. The van der Waals surface area contributed by atoms with E-state index >= 15 is 0 Å². The molecule has 0 heterocycles. The Hall–Kier alpha value is -2.34. The normalized spacial score (nSPS) is 13.1. The molecule has 0 aliphatic rings. The van der Waals surface area contributed by atoms with Crippen LogP contribution in [0.25, 0.3) is 0 Å². The molecular formula is C18H19NO4S. The lowest BCUT2D eigenvalue weighted by Crippen LogP contribution is -2.18. The predicted octanol–water partition coefficient (Wildman–Crippen LogP) is 4.69. The maximum absolute atomic E-state index is 12.2. The smallest absolute Gasteiger partial charge is 0.319 e. The lowest BCUT2D eigenvalue weighted by molar-refractivity contribution is -0.385. The third kappa shape index (κ3) is 4.83. The highest BCUT2D eigenvalue weighted by Crippen LogP contribution is 2.27. The number of carbonyl (C=O) groups excluding carboxylic acids is 1. The van der Waals surface area contributed by atoms with Gasteiger partial charge < -0.3 is 4.74 Å². The molecule has 2 rings (SSSR count). The number of esters is 1. The van der Waals surface area contributed by atoms with Crippen LogP contribution < -0.4 is 0 Å². The molecule has 0 amide bonds. The Kier molecular flexibility index (Phi) is 5.98. The van der Waals surface area contributed by atoms with Gasteiger partial charge >= 0.3 is 5.97 Å². The summed E-state index contributed by atoms with van der Waals surface area (Å²) in [5.41, 5.74) is 1.75. The van der Waals surface area contributed by atoms with Crippen LogP contribution in [0.15, 0.2) is 53.4 Å². The van der Waals surface area contributed by atoms with E-state index in [2.05, 4.69) is 0 Å². The first-order valence-corrected chi connectivity index (χ1v) is 8.43. The maximum atomic E-state index is 12.2. The molecule has 0 aliphatic heterocycles. The number of rotatable bonds is 6. The lowest BCUT2D eigenvalue weighted by atomic mass is 10.1. The summed E-state index contributed by atoms with van der Waals surface area (Å²) in [4.78, 5) is 23.6. The van der Waals surface area contributed by atoms with Crippen LogP contribution >= 0.6 is 11.8 Å². The highest BCUT2D eigenvalue weighted by Gasteiger charge is 2.20.